The quantitative estimate of drug-likeness (QED) is 0.697. The van der Waals surface area contributed by atoms with Gasteiger partial charge in [-0.15, -0.1) is 6.42 Å². The first-order chi connectivity index (χ1) is 7.20. The zero-order valence-electron chi connectivity index (χ0n) is 11.9. The molecule has 0 heterocycles. The van der Waals surface area contributed by atoms with Gasteiger partial charge in [-0.3, -0.25) is 4.90 Å². The van der Waals surface area contributed by atoms with Gasteiger partial charge in [0.05, 0.1) is 6.54 Å². The Hall–Kier alpha value is -0.520. The molecule has 0 spiro atoms. The Morgan fingerprint density at radius 3 is 2.12 bits per heavy atom. The molecule has 2 heteroatoms. The van der Waals surface area contributed by atoms with E-state index in [0.717, 1.165) is 26.2 Å². The topological polar surface area (TPSA) is 15.3 Å². The molecule has 16 heavy (non-hydrogen) atoms. The number of rotatable bonds is 6. The monoisotopic (exact) mass is 224 g/mol. The number of nitrogens with zero attached hydrogens (tertiary/aromatic N) is 1. The summed E-state index contributed by atoms with van der Waals surface area (Å²) in [5, 5.41) is 3.56. The molecule has 0 saturated heterocycles. The van der Waals surface area contributed by atoms with Crippen LogP contribution in [-0.2, 0) is 0 Å². The average Bonchev–Trinajstić information content (AvgIpc) is 2.13. The maximum atomic E-state index is 5.36. The Bertz CT molecular complexity index is 230. The van der Waals surface area contributed by atoms with Gasteiger partial charge in [0.1, 0.15) is 0 Å². The lowest BCUT2D eigenvalue weighted by Gasteiger charge is -2.34. The zero-order valence-corrected chi connectivity index (χ0v) is 11.9. The van der Waals surface area contributed by atoms with Crippen molar-refractivity contribution < 1.29 is 0 Å². The summed E-state index contributed by atoms with van der Waals surface area (Å²) in [6.07, 6.45) is 5.36. The van der Waals surface area contributed by atoms with E-state index in [0.29, 0.717) is 0 Å². The SMILES string of the molecule is C#CCN(CC)CC(C)(C)CNC(C)(C)C. The molecule has 2 nitrogen and oxygen atoms in total. The third kappa shape index (κ3) is 7.73. The van der Waals surface area contributed by atoms with E-state index >= 15 is 0 Å². The van der Waals surface area contributed by atoms with E-state index in [9.17, 15) is 0 Å². The van der Waals surface area contributed by atoms with Crippen molar-refractivity contribution in [2.75, 3.05) is 26.2 Å². The van der Waals surface area contributed by atoms with E-state index in [1.807, 2.05) is 0 Å². The summed E-state index contributed by atoms with van der Waals surface area (Å²) >= 11 is 0. The molecule has 0 aromatic heterocycles. The van der Waals surface area contributed by atoms with Crippen molar-refractivity contribution in [2.24, 2.45) is 5.41 Å². The van der Waals surface area contributed by atoms with Gasteiger partial charge in [-0.1, -0.05) is 26.7 Å². The van der Waals surface area contributed by atoms with Crippen LogP contribution in [0.4, 0.5) is 0 Å². The molecule has 0 unspecified atom stereocenters. The minimum absolute atomic E-state index is 0.181. The number of hydrogen-bond acceptors (Lipinski definition) is 2. The molecular formula is C14H28N2. The number of hydrogen-bond donors (Lipinski definition) is 1. The predicted molar refractivity (Wildman–Crippen MR) is 72.5 cm³/mol. The summed E-state index contributed by atoms with van der Waals surface area (Å²) in [5.74, 6) is 2.72. The first-order valence-corrected chi connectivity index (χ1v) is 6.11. The number of terminal acetylenes is 1. The second kappa shape index (κ2) is 6.27. The molecule has 0 bridgehead atoms. The fraction of sp³-hybridized carbons (Fsp3) is 0.857. The third-order valence-corrected chi connectivity index (χ3v) is 2.51. The standard InChI is InChI=1S/C14H28N2/c1-8-10-16(9-2)12-14(6,7)11-15-13(3,4)5/h1,15H,9-12H2,2-7H3. The van der Waals surface area contributed by atoms with Crippen molar-refractivity contribution >= 4 is 0 Å². The normalized spacial score (nSPS) is 12.9. The molecule has 0 rings (SSSR count). The summed E-state index contributed by atoms with van der Waals surface area (Å²) in [6, 6.07) is 0. The Morgan fingerprint density at radius 2 is 1.75 bits per heavy atom. The first kappa shape index (κ1) is 15.5. The Kier molecular flexibility index (Phi) is 6.07. The molecule has 0 saturated carbocycles. The molecule has 0 atom stereocenters. The minimum atomic E-state index is 0.181. The van der Waals surface area contributed by atoms with Crippen LogP contribution in [0.5, 0.6) is 0 Å². The number of nitrogens with one attached hydrogen (secondary N) is 1. The van der Waals surface area contributed by atoms with Gasteiger partial charge in [0.2, 0.25) is 0 Å². The van der Waals surface area contributed by atoms with Gasteiger partial charge in [0.25, 0.3) is 0 Å². The molecule has 94 valence electrons. The molecule has 0 amide bonds. The van der Waals surface area contributed by atoms with E-state index < -0.39 is 0 Å². The highest BCUT2D eigenvalue weighted by Crippen LogP contribution is 2.17. The van der Waals surface area contributed by atoms with Gasteiger partial charge in [0, 0.05) is 18.6 Å². The zero-order chi connectivity index (χ0) is 12.8. The molecule has 0 radical (unpaired) electrons. The van der Waals surface area contributed by atoms with Gasteiger partial charge in [0.15, 0.2) is 0 Å². The van der Waals surface area contributed by atoms with Crippen molar-refractivity contribution in [3.05, 3.63) is 0 Å². The van der Waals surface area contributed by atoms with E-state index in [2.05, 4.69) is 57.7 Å². The predicted octanol–water partition coefficient (Wildman–Crippen LogP) is 2.36. The second-order valence-electron chi connectivity index (χ2n) is 6.28. The molecule has 0 aliphatic rings. The summed E-state index contributed by atoms with van der Waals surface area (Å²) in [7, 11) is 0. The summed E-state index contributed by atoms with van der Waals surface area (Å²) < 4.78 is 0. The van der Waals surface area contributed by atoms with E-state index in [1.54, 1.807) is 0 Å². The van der Waals surface area contributed by atoms with Crippen LogP contribution in [-0.4, -0.2) is 36.6 Å². The van der Waals surface area contributed by atoms with Crippen LogP contribution in [0, 0.1) is 17.8 Å². The first-order valence-electron chi connectivity index (χ1n) is 6.11. The highest BCUT2D eigenvalue weighted by Gasteiger charge is 2.22. The van der Waals surface area contributed by atoms with E-state index in [-0.39, 0.29) is 11.0 Å². The fourth-order valence-corrected chi connectivity index (χ4v) is 1.57. The maximum absolute atomic E-state index is 5.36. The fourth-order valence-electron chi connectivity index (χ4n) is 1.57. The maximum Gasteiger partial charge on any atom is 0.0599 e. The van der Waals surface area contributed by atoms with Crippen molar-refractivity contribution in [1.82, 2.24) is 10.2 Å². The van der Waals surface area contributed by atoms with Gasteiger partial charge < -0.3 is 5.32 Å². The van der Waals surface area contributed by atoms with Crippen LogP contribution in [0.15, 0.2) is 0 Å². The molecular weight excluding hydrogens is 196 g/mol. The van der Waals surface area contributed by atoms with Gasteiger partial charge in [-0.05, 0) is 32.7 Å². The highest BCUT2D eigenvalue weighted by molar-refractivity contribution is 4.90. The summed E-state index contributed by atoms with van der Waals surface area (Å²) in [4.78, 5) is 2.31. The Labute approximate surface area is 102 Å². The van der Waals surface area contributed by atoms with Crippen molar-refractivity contribution in [1.29, 1.82) is 0 Å². The highest BCUT2D eigenvalue weighted by atomic mass is 15.1. The molecule has 0 aliphatic carbocycles. The van der Waals surface area contributed by atoms with Crippen LogP contribution >= 0.6 is 0 Å². The van der Waals surface area contributed by atoms with Crippen LogP contribution in [0.3, 0.4) is 0 Å². The lowest BCUT2D eigenvalue weighted by molar-refractivity contribution is 0.185. The van der Waals surface area contributed by atoms with E-state index in [4.69, 9.17) is 6.42 Å². The molecule has 0 aromatic rings. The van der Waals surface area contributed by atoms with E-state index in [1.165, 1.54) is 0 Å². The molecule has 0 fully saturated rings. The van der Waals surface area contributed by atoms with Gasteiger partial charge in [-0.2, -0.15) is 0 Å². The minimum Gasteiger partial charge on any atom is -0.311 e. The summed E-state index contributed by atoms with van der Waals surface area (Å²) in [6.45, 7) is 17.1. The van der Waals surface area contributed by atoms with Crippen molar-refractivity contribution in [3.63, 3.8) is 0 Å². The molecule has 1 N–H and O–H groups in total. The third-order valence-electron chi connectivity index (χ3n) is 2.51. The smallest absolute Gasteiger partial charge is 0.0599 e. The van der Waals surface area contributed by atoms with Gasteiger partial charge in [-0.25, -0.2) is 0 Å². The summed E-state index contributed by atoms with van der Waals surface area (Å²) in [5.41, 5.74) is 0.431. The van der Waals surface area contributed by atoms with Crippen LogP contribution in [0.2, 0.25) is 0 Å². The Morgan fingerprint density at radius 1 is 1.19 bits per heavy atom. The average molecular weight is 224 g/mol. The second-order valence-corrected chi connectivity index (χ2v) is 6.28. The lowest BCUT2D eigenvalue weighted by atomic mass is 9.91. The molecule has 0 aromatic carbocycles. The van der Waals surface area contributed by atoms with Crippen LogP contribution < -0.4 is 5.32 Å². The van der Waals surface area contributed by atoms with Crippen molar-refractivity contribution in [3.8, 4) is 12.3 Å². The van der Waals surface area contributed by atoms with Gasteiger partial charge >= 0.3 is 0 Å². The van der Waals surface area contributed by atoms with Crippen molar-refractivity contribution in [2.45, 2.75) is 47.1 Å². The lowest BCUT2D eigenvalue weighted by Crippen LogP contribution is -2.46. The van der Waals surface area contributed by atoms with Crippen LogP contribution in [0.1, 0.15) is 41.5 Å². The largest absolute Gasteiger partial charge is 0.311 e. The Balaban J connectivity index is 4.17. The van der Waals surface area contributed by atoms with Crippen LogP contribution in [0.25, 0.3) is 0 Å². The molecule has 0 aliphatic heterocycles.